The predicted octanol–water partition coefficient (Wildman–Crippen LogP) is 2.04. The van der Waals surface area contributed by atoms with Crippen LogP contribution in [0.4, 0.5) is 0 Å². The van der Waals surface area contributed by atoms with Crippen LogP contribution in [0.3, 0.4) is 0 Å². The smallest absolute Gasteiger partial charge is 0.251 e. The largest absolute Gasteiger partial charge is 0.491 e. The molecule has 0 radical (unpaired) electrons. The molecule has 0 aliphatic rings. The lowest BCUT2D eigenvalue weighted by Gasteiger charge is -2.13. The van der Waals surface area contributed by atoms with Crippen LogP contribution in [0.5, 0.6) is 5.75 Å². The van der Waals surface area contributed by atoms with E-state index in [0.29, 0.717) is 16.9 Å². The molecule has 0 spiro atoms. The standard InChI is InChI=1S/C18H18N2O3/c1-13-3-2-4-17(9-13)23-12-16(21)11-20-18(22)15-7-5-14(10-19)6-8-15/h2-9,16,21H,11-12H2,1H3,(H,20,22). The molecular weight excluding hydrogens is 292 g/mol. The Hall–Kier alpha value is -2.84. The molecule has 0 aromatic heterocycles. The number of aliphatic hydroxyl groups excluding tert-OH is 1. The summed E-state index contributed by atoms with van der Waals surface area (Å²) >= 11 is 0. The second kappa shape index (κ2) is 7.97. The minimum absolute atomic E-state index is 0.0879. The summed E-state index contributed by atoms with van der Waals surface area (Å²) in [5.41, 5.74) is 2.01. The fourth-order valence-corrected chi connectivity index (χ4v) is 1.97. The van der Waals surface area contributed by atoms with Crippen LogP contribution >= 0.6 is 0 Å². The van der Waals surface area contributed by atoms with Crippen molar-refractivity contribution < 1.29 is 14.6 Å². The highest BCUT2D eigenvalue weighted by molar-refractivity contribution is 5.94. The normalized spacial score (nSPS) is 11.3. The summed E-state index contributed by atoms with van der Waals surface area (Å²) in [6.07, 6.45) is -0.808. The minimum atomic E-state index is -0.808. The Morgan fingerprint density at radius 3 is 2.70 bits per heavy atom. The van der Waals surface area contributed by atoms with Gasteiger partial charge in [0.15, 0.2) is 0 Å². The van der Waals surface area contributed by atoms with Crippen molar-refractivity contribution in [2.75, 3.05) is 13.2 Å². The molecule has 0 aliphatic carbocycles. The summed E-state index contributed by atoms with van der Waals surface area (Å²) in [6, 6.07) is 15.8. The molecule has 0 saturated heterocycles. The molecule has 0 aliphatic heterocycles. The third-order valence-electron chi connectivity index (χ3n) is 3.21. The predicted molar refractivity (Wildman–Crippen MR) is 86.2 cm³/mol. The van der Waals surface area contributed by atoms with Crippen molar-refractivity contribution in [3.05, 3.63) is 65.2 Å². The first-order valence-corrected chi connectivity index (χ1v) is 7.24. The summed E-state index contributed by atoms with van der Waals surface area (Å²) in [5, 5.41) is 21.2. The van der Waals surface area contributed by atoms with Crippen molar-refractivity contribution in [3.8, 4) is 11.8 Å². The van der Waals surface area contributed by atoms with E-state index in [4.69, 9.17) is 10.00 Å². The number of amides is 1. The van der Waals surface area contributed by atoms with Crippen LogP contribution in [-0.2, 0) is 0 Å². The fourth-order valence-electron chi connectivity index (χ4n) is 1.97. The van der Waals surface area contributed by atoms with E-state index in [2.05, 4.69) is 5.32 Å². The van der Waals surface area contributed by atoms with Gasteiger partial charge in [-0.1, -0.05) is 12.1 Å². The van der Waals surface area contributed by atoms with E-state index in [9.17, 15) is 9.90 Å². The number of nitrogens with zero attached hydrogens (tertiary/aromatic N) is 1. The maximum absolute atomic E-state index is 11.9. The van der Waals surface area contributed by atoms with Crippen LogP contribution in [0.15, 0.2) is 48.5 Å². The topological polar surface area (TPSA) is 82.3 Å². The quantitative estimate of drug-likeness (QED) is 0.855. The molecule has 23 heavy (non-hydrogen) atoms. The molecule has 2 aromatic rings. The number of nitriles is 1. The molecule has 2 N–H and O–H groups in total. The Morgan fingerprint density at radius 2 is 2.04 bits per heavy atom. The van der Waals surface area contributed by atoms with Gasteiger partial charge in [-0.3, -0.25) is 4.79 Å². The van der Waals surface area contributed by atoms with Gasteiger partial charge in [0.2, 0.25) is 0 Å². The van der Waals surface area contributed by atoms with Crippen molar-refractivity contribution in [2.24, 2.45) is 0 Å². The number of carbonyl (C=O) groups is 1. The zero-order valence-corrected chi connectivity index (χ0v) is 12.8. The lowest BCUT2D eigenvalue weighted by molar-refractivity contribution is 0.0843. The van der Waals surface area contributed by atoms with E-state index in [1.54, 1.807) is 24.3 Å². The second-order valence-electron chi connectivity index (χ2n) is 5.18. The van der Waals surface area contributed by atoms with Gasteiger partial charge in [0.05, 0.1) is 11.6 Å². The van der Waals surface area contributed by atoms with E-state index >= 15 is 0 Å². The number of ether oxygens (including phenoxy) is 1. The Kier molecular flexibility index (Phi) is 5.73. The molecule has 1 atom stereocenters. The molecule has 1 unspecified atom stereocenters. The Balaban J connectivity index is 1.78. The van der Waals surface area contributed by atoms with E-state index in [1.807, 2.05) is 37.3 Å². The number of aryl methyl sites for hydroxylation is 1. The molecular formula is C18H18N2O3. The summed E-state index contributed by atoms with van der Waals surface area (Å²) in [7, 11) is 0. The van der Waals surface area contributed by atoms with Gasteiger partial charge in [-0.05, 0) is 48.9 Å². The van der Waals surface area contributed by atoms with Gasteiger partial charge in [0.25, 0.3) is 5.91 Å². The number of carbonyl (C=O) groups excluding carboxylic acids is 1. The van der Waals surface area contributed by atoms with Crippen molar-refractivity contribution in [3.63, 3.8) is 0 Å². The number of nitrogens with one attached hydrogen (secondary N) is 1. The average Bonchev–Trinajstić information content (AvgIpc) is 2.58. The monoisotopic (exact) mass is 310 g/mol. The van der Waals surface area contributed by atoms with Gasteiger partial charge >= 0.3 is 0 Å². The Bertz CT molecular complexity index is 705. The van der Waals surface area contributed by atoms with Crippen LogP contribution in [0.2, 0.25) is 0 Å². The first kappa shape index (κ1) is 16.5. The van der Waals surface area contributed by atoms with Crippen LogP contribution in [0.25, 0.3) is 0 Å². The summed E-state index contributed by atoms with van der Waals surface area (Å²) < 4.78 is 5.48. The summed E-state index contributed by atoms with van der Waals surface area (Å²) in [4.78, 5) is 11.9. The molecule has 118 valence electrons. The third kappa shape index (κ3) is 5.13. The number of rotatable bonds is 6. The second-order valence-corrected chi connectivity index (χ2v) is 5.18. The van der Waals surface area contributed by atoms with Gasteiger partial charge in [0, 0.05) is 12.1 Å². The Labute approximate surface area is 135 Å². The van der Waals surface area contributed by atoms with Gasteiger partial charge < -0.3 is 15.2 Å². The van der Waals surface area contributed by atoms with Crippen LogP contribution < -0.4 is 10.1 Å². The Morgan fingerprint density at radius 1 is 1.30 bits per heavy atom. The molecule has 2 aromatic carbocycles. The minimum Gasteiger partial charge on any atom is -0.491 e. The van der Waals surface area contributed by atoms with Gasteiger partial charge in [-0.15, -0.1) is 0 Å². The van der Waals surface area contributed by atoms with E-state index in [1.165, 1.54) is 0 Å². The van der Waals surface area contributed by atoms with Crippen LogP contribution in [0, 0.1) is 18.3 Å². The highest BCUT2D eigenvalue weighted by Crippen LogP contribution is 2.12. The van der Waals surface area contributed by atoms with Crippen molar-refractivity contribution in [1.29, 1.82) is 5.26 Å². The molecule has 1 amide bonds. The number of hydrogen-bond donors (Lipinski definition) is 2. The first-order valence-electron chi connectivity index (χ1n) is 7.24. The van der Waals surface area contributed by atoms with Crippen LogP contribution in [0.1, 0.15) is 21.5 Å². The molecule has 5 heteroatoms. The number of aliphatic hydroxyl groups is 1. The zero-order valence-electron chi connectivity index (χ0n) is 12.8. The SMILES string of the molecule is Cc1cccc(OCC(O)CNC(=O)c2ccc(C#N)cc2)c1. The van der Waals surface area contributed by atoms with E-state index < -0.39 is 6.10 Å². The lowest BCUT2D eigenvalue weighted by Crippen LogP contribution is -2.35. The molecule has 0 bridgehead atoms. The lowest BCUT2D eigenvalue weighted by atomic mass is 10.1. The van der Waals surface area contributed by atoms with Crippen LogP contribution in [-0.4, -0.2) is 30.3 Å². The number of benzene rings is 2. The highest BCUT2D eigenvalue weighted by atomic mass is 16.5. The molecule has 2 rings (SSSR count). The van der Waals surface area contributed by atoms with E-state index in [-0.39, 0.29) is 19.1 Å². The maximum atomic E-state index is 11.9. The first-order chi connectivity index (χ1) is 11.1. The summed E-state index contributed by atoms with van der Waals surface area (Å²) in [6.45, 7) is 2.14. The molecule has 0 heterocycles. The fraction of sp³-hybridized carbons (Fsp3) is 0.222. The third-order valence-corrected chi connectivity index (χ3v) is 3.21. The average molecular weight is 310 g/mol. The van der Waals surface area contributed by atoms with Crippen molar-refractivity contribution in [1.82, 2.24) is 5.32 Å². The van der Waals surface area contributed by atoms with Crippen molar-refractivity contribution >= 4 is 5.91 Å². The molecule has 5 nitrogen and oxygen atoms in total. The van der Waals surface area contributed by atoms with Gasteiger partial charge in [0.1, 0.15) is 18.5 Å². The van der Waals surface area contributed by atoms with Gasteiger partial charge in [-0.25, -0.2) is 0 Å². The highest BCUT2D eigenvalue weighted by Gasteiger charge is 2.10. The van der Waals surface area contributed by atoms with E-state index in [0.717, 1.165) is 5.56 Å². The maximum Gasteiger partial charge on any atom is 0.251 e. The molecule has 0 saturated carbocycles. The van der Waals surface area contributed by atoms with Crippen molar-refractivity contribution in [2.45, 2.75) is 13.0 Å². The number of hydrogen-bond acceptors (Lipinski definition) is 4. The molecule has 0 fully saturated rings. The summed E-state index contributed by atoms with van der Waals surface area (Å²) in [5.74, 6) is 0.381. The van der Waals surface area contributed by atoms with Gasteiger partial charge in [-0.2, -0.15) is 5.26 Å². The zero-order chi connectivity index (χ0) is 16.7.